The highest BCUT2D eigenvalue weighted by Crippen LogP contribution is 2.35. The molecular weight excluding hydrogens is 304 g/mol. The van der Waals surface area contributed by atoms with Crippen LogP contribution in [0.15, 0.2) is 12.1 Å². The van der Waals surface area contributed by atoms with Crippen LogP contribution in [0.4, 0.5) is 5.69 Å². The van der Waals surface area contributed by atoms with Crippen LogP contribution in [-0.2, 0) is 9.53 Å². The van der Waals surface area contributed by atoms with Gasteiger partial charge in [-0.05, 0) is 51.5 Å². The molecule has 134 valence electrons. The summed E-state index contributed by atoms with van der Waals surface area (Å²) in [5, 5.41) is 3.01. The Hall–Kier alpha value is -1.62. The zero-order valence-electron chi connectivity index (χ0n) is 15.2. The van der Waals surface area contributed by atoms with E-state index < -0.39 is 5.60 Å². The molecule has 1 aromatic heterocycles. The molecule has 0 aromatic carbocycles. The van der Waals surface area contributed by atoms with E-state index in [0.717, 1.165) is 56.3 Å². The van der Waals surface area contributed by atoms with Crippen LogP contribution in [0.2, 0.25) is 0 Å². The van der Waals surface area contributed by atoms with Gasteiger partial charge in [-0.1, -0.05) is 20.3 Å². The Bertz CT molecular complexity index is 539. The molecule has 0 saturated heterocycles. The van der Waals surface area contributed by atoms with Crippen LogP contribution in [0.5, 0.6) is 5.88 Å². The lowest BCUT2D eigenvalue weighted by atomic mass is 10.0. The number of unbranched alkanes of at least 4 members (excludes halogenated alkanes) is 1. The third-order valence-corrected chi connectivity index (χ3v) is 4.46. The van der Waals surface area contributed by atoms with Gasteiger partial charge >= 0.3 is 0 Å². The maximum Gasteiger partial charge on any atom is 0.256 e. The zero-order valence-corrected chi connectivity index (χ0v) is 15.2. The first kappa shape index (κ1) is 18.7. The summed E-state index contributed by atoms with van der Waals surface area (Å²) in [4.78, 5) is 17.2. The standard InChI is InChI=1S/C19H30N2O3/c1-4-6-14-23-17-10-9-16(15(3)20-17)21-18(22)19(24-13-5-2)11-7-8-12-19/h9-10H,4-8,11-14H2,1-3H3,(H,21,22). The molecule has 0 unspecified atom stereocenters. The molecule has 0 bridgehead atoms. The van der Waals surface area contributed by atoms with Crippen LogP contribution in [-0.4, -0.2) is 29.7 Å². The van der Waals surface area contributed by atoms with Gasteiger partial charge in [0.25, 0.3) is 5.91 Å². The third-order valence-electron chi connectivity index (χ3n) is 4.46. The van der Waals surface area contributed by atoms with E-state index in [2.05, 4.69) is 24.1 Å². The van der Waals surface area contributed by atoms with E-state index in [1.807, 2.05) is 19.1 Å². The Morgan fingerprint density at radius 3 is 2.58 bits per heavy atom. The van der Waals surface area contributed by atoms with E-state index in [1.165, 1.54) is 0 Å². The van der Waals surface area contributed by atoms with E-state index in [4.69, 9.17) is 9.47 Å². The molecule has 0 radical (unpaired) electrons. The van der Waals surface area contributed by atoms with Gasteiger partial charge in [-0.2, -0.15) is 0 Å². The van der Waals surface area contributed by atoms with Crippen molar-refractivity contribution >= 4 is 11.6 Å². The number of carbonyl (C=O) groups is 1. The molecule has 1 N–H and O–H groups in total. The number of ether oxygens (including phenoxy) is 2. The van der Waals surface area contributed by atoms with Gasteiger partial charge < -0.3 is 14.8 Å². The van der Waals surface area contributed by atoms with E-state index >= 15 is 0 Å². The summed E-state index contributed by atoms with van der Waals surface area (Å²) in [6, 6.07) is 3.68. The van der Waals surface area contributed by atoms with Gasteiger partial charge in [-0.3, -0.25) is 4.79 Å². The Morgan fingerprint density at radius 2 is 1.96 bits per heavy atom. The highest BCUT2D eigenvalue weighted by atomic mass is 16.5. The number of carbonyl (C=O) groups excluding carboxylic acids is 1. The molecule has 1 heterocycles. The summed E-state index contributed by atoms with van der Waals surface area (Å²) in [5.74, 6) is 0.565. The van der Waals surface area contributed by atoms with Gasteiger partial charge in [0.1, 0.15) is 5.60 Å². The summed E-state index contributed by atoms with van der Waals surface area (Å²) in [7, 11) is 0. The second kappa shape index (κ2) is 9.02. The lowest BCUT2D eigenvalue weighted by Gasteiger charge is -2.28. The average molecular weight is 334 g/mol. The normalized spacial score (nSPS) is 16.1. The van der Waals surface area contributed by atoms with E-state index in [-0.39, 0.29) is 5.91 Å². The third kappa shape index (κ3) is 4.69. The van der Waals surface area contributed by atoms with Crippen molar-refractivity contribution in [3.8, 4) is 5.88 Å². The van der Waals surface area contributed by atoms with Crippen LogP contribution in [0.3, 0.4) is 0 Å². The number of pyridine rings is 1. The van der Waals surface area contributed by atoms with Crippen molar-refractivity contribution in [3.63, 3.8) is 0 Å². The molecule has 1 aromatic rings. The summed E-state index contributed by atoms with van der Waals surface area (Å²) in [5.41, 5.74) is 0.828. The number of hydrogen-bond donors (Lipinski definition) is 1. The van der Waals surface area contributed by atoms with Gasteiger partial charge in [0.2, 0.25) is 5.88 Å². The molecular formula is C19H30N2O3. The lowest BCUT2D eigenvalue weighted by molar-refractivity contribution is -0.140. The van der Waals surface area contributed by atoms with Crippen molar-refractivity contribution < 1.29 is 14.3 Å². The fourth-order valence-electron chi connectivity index (χ4n) is 2.99. The van der Waals surface area contributed by atoms with E-state index in [0.29, 0.717) is 19.1 Å². The zero-order chi connectivity index (χ0) is 17.4. The van der Waals surface area contributed by atoms with Gasteiger partial charge in [-0.15, -0.1) is 0 Å². The smallest absolute Gasteiger partial charge is 0.256 e. The Morgan fingerprint density at radius 1 is 1.21 bits per heavy atom. The molecule has 2 rings (SSSR count). The van der Waals surface area contributed by atoms with Gasteiger partial charge in [0.15, 0.2) is 0 Å². The number of aromatic nitrogens is 1. The Labute approximate surface area is 145 Å². The first-order valence-electron chi connectivity index (χ1n) is 9.17. The molecule has 0 atom stereocenters. The molecule has 1 aliphatic rings. The van der Waals surface area contributed by atoms with Crippen LogP contribution in [0, 0.1) is 6.92 Å². The summed E-state index contributed by atoms with van der Waals surface area (Å²) < 4.78 is 11.6. The Balaban J connectivity index is 2.02. The molecule has 0 spiro atoms. The predicted molar refractivity (Wildman–Crippen MR) is 95.4 cm³/mol. The SMILES string of the molecule is CCCCOc1ccc(NC(=O)C2(OCCC)CCCC2)c(C)n1. The quantitative estimate of drug-likeness (QED) is 0.686. The van der Waals surface area contributed by atoms with Crippen LogP contribution >= 0.6 is 0 Å². The maximum atomic E-state index is 12.8. The number of nitrogens with one attached hydrogen (secondary N) is 1. The predicted octanol–water partition coefficient (Wildman–Crippen LogP) is 4.25. The van der Waals surface area contributed by atoms with Crippen molar-refractivity contribution in [2.75, 3.05) is 18.5 Å². The van der Waals surface area contributed by atoms with Gasteiger partial charge in [0, 0.05) is 12.7 Å². The van der Waals surface area contributed by atoms with Crippen molar-refractivity contribution in [3.05, 3.63) is 17.8 Å². The fraction of sp³-hybridized carbons (Fsp3) is 0.684. The molecule has 1 saturated carbocycles. The monoisotopic (exact) mass is 334 g/mol. The van der Waals surface area contributed by atoms with Crippen molar-refractivity contribution in [1.29, 1.82) is 0 Å². The minimum Gasteiger partial charge on any atom is -0.478 e. The largest absolute Gasteiger partial charge is 0.478 e. The summed E-state index contributed by atoms with van der Waals surface area (Å²) >= 11 is 0. The number of amides is 1. The molecule has 1 aliphatic carbocycles. The van der Waals surface area contributed by atoms with Crippen molar-refractivity contribution in [2.24, 2.45) is 0 Å². The number of aryl methyl sites for hydroxylation is 1. The second-order valence-corrected chi connectivity index (χ2v) is 6.49. The molecule has 24 heavy (non-hydrogen) atoms. The summed E-state index contributed by atoms with van der Waals surface area (Å²) in [6.45, 7) is 7.36. The second-order valence-electron chi connectivity index (χ2n) is 6.49. The lowest BCUT2D eigenvalue weighted by Crippen LogP contribution is -2.43. The molecule has 5 nitrogen and oxygen atoms in total. The maximum absolute atomic E-state index is 12.8. The minimum atomic E-state index is -0.668. The first-order chi connectivity index (χ1) is 11.6. The number of anilines is 1. The highest BCUT2D eigenvalue weighted by Gasteiger charge is 2.42. The number of nitrogens with zero attached hydrogens (tertiary/aromatic N) is 1. The van der Waals surface area contributed by atoms with Crippen LogP contribution in [0.25, 0.3) is 0 Å². The molecule has 0 aliphatic heterocycles. The number of hydrogen-bond acceptors (Lipinski definition) is 4. The van der Waals surface area contributed by atoms with Crippen LogP contribution < -0.4 is 10.1 Å². The molecule has 1 amide bonds. The topological polar surface area (TPSA) is 60.5 Å². The van der Waals surface area contributed by atoms with Crippen molar-refractivity contribution in [1.82, 2.24) is 4.98 Å². The molecule has 1 fully saturated rings. The Kier molecular flexibility index (Phi) is 7.03. The minimum absolute atomic E-state index is 0.0435. The number of rotatable bonds is 9. The summed E-state index contributed by atoms with van der Waals surface area (Å²) in [6.07, 6.45) is 6.69. The first-order valence-corrected chi connectivity index (χ1v) is 9.17. The average Bonchev–Trinajstić information content (AvgIpc) is 3.06. The van der Waals surface area contributed by atoms with Gasteiger partial charge in [-0.25, -0.2) is 4.98 Å². The fourth-order valence-corrected chi connectivity index (χ4v) is 2.99. The van der Waals surface area contributed by atoms with E-state index in [1.54, 1.807) is 0 Å². The highest BCUT2D eigenvalue weighted by molar-refractivity contribution is 5.98. The van der Waals surface area contributed by atoms with Gasteiger partial charge in [0.05, 0.1) is 18.0 Å². The van der Waals surface area contributed by atoms with E-state index in [9.17, 15) is 4.79 Å². The molecule has 5 heteroatoms. The van der Waals surface area contributed by atoms with Crippen LogP contribution in [0.1, 0.15) is 64.5 Å². The van der Waals surface area contributed by atoms with Crippen molar-refractivity contribution in [2.45, 2.75) is 71.3 Å².